The Bertz CT molecular complexity index is 1120. The average molecular weight is 372 g/mol. The largest absolute Gasteiger partial charge is 0.497 e. The minimum absolute atomic E-state index is 0.293. The number of amides is 2. The van der Waals surface area contributed by atoms with Gasteiger partial charge in [0.05, 0.1) is 18.5 Å². The lowest BCUT2D eigenvalue weighted by Crippen LogP contribution is -2.19. The van der Waals surface area contributed by atoms with E-state index in [9.17, 15) is 4.79 Å². The zero-order valence-corrected chi connectivity index (χ0v) is 15.6. The van der Waals surface area contributed by atoms with Crippen LogP contribution >= 0.6 is 0 Å². The van der Waals surface area contributed by atoms with E-state index < -0.39 is 0 Å². The van der Waals surface area contributed by atoms with Gasteiger partial charge in [-0.05, 0) is 55.5 Å². The van der Waals surface area contributed by atoms with Crippen LogP contribution in [0.3, 0.4) is 0 Å². The number of imidazole rings is 1. The van der Waals surface area contributed by atoms with Gasteiger partial charge in [-0.3, -0.25) is 0 Å². The van der Waals surface area contributed by atoms with Crippen molar-refractivity contribution in [2.45, 2.75) is 6.92 Å². The number of nitrogens with one attached hydrogen (secondary N) is 2. The summed E-state index contributed by atoms with van der Waals surface area (Å²) in [7, 11) is 1.65. The summed E-state index contributed by atoms with van der Waals surface area (Å²) in [4.78, 5) is 17.0. The first-order chi connectivity index (χ1) is 13.6. The number of benzene rings is 2. The number of anilines is 2. The van der Waals surface area contributed by atoms with E-state index in [1.54, 1.807) is 7.11 Å². The van der Waals surface area contributed by atoms with Gasteiger partial charge in [0.1, 0.15) is 11.4 Å². The molecule has 2 amide bonds. The van der Waals surface area contributed by atoms with Gasteiger partial charge >= 0.3 is 6.03 Å². The number of carbonyl (C=O) groups excluding carboxylic acids is 1. The molecule has 28 heavy (non-hydrogen) atoms. The molecule has 2 aromatic carbocycles. The van der Waals surface area contributed by atoms with Crippen molar-refractivity contribution in [3.63, 3.8) is 0 Å². The smallest absolute Gasteiger partial charge is 0.323 e. The number of nitrogens with zero attached hydrogens (tertiary/aromatic N) is 2. The Kier molecular flexibility index (Phi) is 4.68. The number of fused-ring (bicyclic) bond motifs is 1. The average Bonchev–Trinajstić information content (AvgIpc) is 3.05. The van der Waals surface area contributed by atoms with Gasteiger partial charge in [0.2, 0.25) is 0 Å². The zero-order chi connectivity index (χ0) is 19.5. The number of hydrogen-bond acceptors (Lipinski definition) is 3. The van der Waals surface area contributed by atoms with Gasteiger partial charge in [0, 0.05) is 23.1 Å². The minimum atomic E-state index is -0.293. The van der Waals surface area contributed by atoms with Gasteiger partial charge in [-0.1, -0.05) is 18.2 Å². The van der Waals surface area contributed by atoms with Crippen molar-refractivity contribution in [2.75, 3.05) is 17.7 Å². The van der Waals surface area contributed by atoms with Crippen LogP contribution in [0.2, 0.25) is 0 Å². The van der Waals surface area contributed by atoms with Crippen molar-refractivity contribution in [1.82, 2.24) is 9.38 Å². The quantitative estimate of drug-likeness (QED) is 0.532. The topological polar surface area (TPSA) is 67.7 Å². The van der Waals surface area contributed by atoms with E-state index in [1.807, 2.05) is 84.3 Å². The first kappa shape index (κ1) is 17.6. The minimum Gasteiger partial charge on any atom is -0.497 e. The molecule has 6 nitrogen and oxygen atoms in total. The van der Waals surface area contributed by atoms with Crippen molar-refractivity contribution in [3.8, 4) is 17.0 Å². The van der Waals surface area contributed by atoms with E-state index in [1.165, 1.54) is 0 Å². The Hall–Kier alpha value is -3.80. The molecule has 0 unspecified atom stereocenters. The molecule has 0 saturated carbocycles. The van der Waals surface area contributed by atoms with Crippen molar-refractivity contribution in [2.24, 2.45) is 0 Å². The van der Waals surface area contributed by atoms with Crippen molar-refractivity contribution in [1.29, 1.82) is 0 Å². The van der Waals surface area contributed by atoms with Crippen LogP contribution in [-0.4, -0.2) is 22.5 Å². The lowest BCUT2D eigenvalue weighted by molar-refractivity contribution is 0.262. The van der Waals surface area contributed by atoms with E-state index in [0.717, 1.165) is 34.0 Å². The second-order valence-corrected chi connectivity index (χ2v) is 6.37. The maximum Gasteiger partial charge on any atom is 0.323 e. The first-order valence-corrected chi connectivity index (χ1v) is 8.90. The normalized spacial score (nSPS) is 10.6. The molecular formula is C22H20N4O2. The summed E-state index contributed by atoms with van der Waals surface area (Å²) >= 11 is 0. The number of aryl methyl sites for hydroxylation is 1. The molecule has 140 valence electrons. The van der Waals surface area contributed by atoms with E-state index in [4.69, 9.17) is 9.72 Å². The molecule has 2 aromatic heterocycles. The van der Waals surface area contributed by atoms with Gasteiger partial charge in [0.15, 0.2) is 0 Å². The third-order valence-corrected chi connectivity index (χ3v) is 4.51. The highest BCUT2D eigenvalue weighted by atomic mass is 16.5. The van der Waals surface area contributed by atoms with Gasteiger partial charge in [-0.2, -0.15) is 0 Å². The number of aromatic nitrogens is 2. The Morgan fingerprint density at radius 3 is 2.36 bits per heavy atom. The second kappa shape index (κ2) is 7.44. The number of rotatable bonds is 4. The van der Waals surface area contributed by atoms with Gasteiger partial charge in [0.25, 0.3) is 0 Å². The van der Waals surface area contributed by atoms with Gasteiger partial charge in [-0.25, -0.2) is 9.78 Å². The number of carbonyl (C=O) groups is 1. The maximum atomic E-state index is 12.2. The standard InChI is InChI=1S/C22H20N4O2/c1-15-21(16-8-11-19(28-2)12-9-16)25-20-13-10-18(14-26(15)20)24-22(27)23-17-6-4-3-5-7-17/h3-14H,1-2H3,(H2,23,24,27). The fourth-order valence-electron chi connectivity index (χ4n) is 3.07. The fourth-order valence-corrected chi connectivity index (χ4v) is 3.07. The van der Waals surface area contributed by atoms with Crippen LogP contribution in [0.4, 0.5) is 16.2 Å². The number of pyridine rings is 1. The number of para-hydroxylation sites is 1. The van der Waals surface area contributed by atoms with Crippen LogP contribution in [-0.2, 0) is 0 Å². The summed E-state index contributed by atoms with van der Waals surface area (Å²) in [5.74, 6) is 0.807. The molecule has 0 fully saturated rings. The molecular weight excluding hydrogens is 352 g/mol. The predicted octanol–water partition coefficient (Wildman–Crippen LogP) is 4.96. The summed E-state index contributed by atoms with van der Waals surface area (Å²) in [6.45, 7) is 2.01. The molecule has 0 aliphatic rings. The van der Waals surface area contributed by atoms with E-state index in [0.29, 0.717) is 5.69 Å². The Morgan fingerprint density at radius 1 is 0.929 bits per heavy atom. The molecule has 2 N–H and O–H groups in total. The van der Waals surface area contributed by atoms with Gasteiger partial charge in [-0.15, -0.1) is 0 Å². The monoisotopic (exact) mass is 372 g/mol. The van der Waals surface area contributed by atoms with Crippen LogP contribution < -0.4 is 15.4 Å². The Labute approximate surface area is 162 Å². The number of hydrogen-bond donors (Lipinski definition) is 2. The number of methoxy groups -OCH3 is 1. The number of ether oxygens (including phenoxy) is 1. The van der Waals surface area contributed by atoms with Crippen LogP contribution in [0.5, 0.6) is 5.75 Å². The molecule has 0 radical (unpaired) electrons. The third kappa shape index (κ3) is 3.53. The van der Waals surface area contributed by atoms with Crippen LogP contribution in [0.1, 0.15) is 5.69 Å². The molecule has 0 aliphatic carbocycles. The van der Waals surface area contributed by atoms with Crippen molar-refractivity contribution in [3.05, 3.63) is 78.6 Å². The van der Waals surface area contributed by atoms with Gasteiger partial charge < -0.3 is 19.8 Å². The predicted molar refractivity (Wildman–Crippen MR) is 111 cm³/mol. The molecule has 0 spiro atoms. The highest BCUT2D eigenvalue weighted by molar-refractivity contribution is 5.99. The first-order valence-electron chi connectivity index (χ1n) is 8.90. The fraction of sp³-hybridized carbons (Fsp3) is 0.0909. The summed E-state index contributed by atoms with van der Waals surface area (Å²) < 4.78 is 7.19. The summed E-state index contributed by atoms with van der Waals surface area (Å²) in [6.07, 6.45) is 1.87. The maximum absolute atomic E-state index is 12.2. The molecule has 2 heterocycles. The molecule has 0 bridgehead atoms. The van der Waals surface area contributed by atoms with Crippen LogP contribution in [0, 0.1) is 6.92 Å². The van der Waals surface area contributed by atoms with Crippen molar-refractivity contribution >= 4 is 23.1 Å². The van der Waals surface area contributed by atoms with E-state index in [-0.39, 0.29) is 6.03 Å². The molecule has 0 saturated heterocycles. The number of urea groups is 1. The van der Waals surface area contributed by atoms with Crippen molar-refractivity contribution < 1.29 is 9.53 Å². The molecule has 0 atom stereocenters. The summed E-state index contributed by atoms with van der Waals surface area (Å²) in [6, 6.07) is 20.6. The summed E-state index contributed by atoms with van der Waals surface area (Å²) in [5.41, 5.74) is 5.14. The van der Waals surface area contributed by atoms with Crippen LogP contribution in [0.15, 0.2) is 72.9 Å². The lowest BCUT2D eigenvalue weighted by atomic mass is 10.1. The van der Waals surface area contributed by atoms with Crippen LogP contribution in [0.25, 0.3) is 16.9 Å². The Morgan fingerprint density at radius 2 is 1.64 bits per heavy atom. The SMILES string of the molecule is COc1ccc(-c2nc3ccc(NC(=O)Nc4ccccc4)cn3c2C)cc1. The third-order valence-electron chi connectivity index (χ3n) is 4.51. The molecule has 4 rings (SSSR count). The summed E-state index contributed by atoms with van der Waals surface area (Å²) in [5, 5.41) is 5.67. The highest BCUT2D eigenvalue weighted by Gasteiger charge is 2.12. The molecule has 4 aromatic rings. The second-order valence-electron chi connectivity index (χ2n) is 6.37. The van der Waals surface area contributed by atoms with E-state index >= 15 is 0 Å². The molecule has 0 aliphatic heterocycles. The lowest BCUT2D eigenvalue weighted by Gasteiger charge is -2.08. The zero-order valence-electron chi connectivity index (χ0n) is 15.6. The highest BCUT2D eigenvalue weighted by Crippen LogP contribution is 2.26. The van der Waals surface area contributed by atoms with E-state index in [2.05, 4.69) is 10.6 Å². The Balaban J connectivity index is 1.58. The molecule has 6 heteroatoms.